The molecule has 1 fully saturated rings. The molecule has 1 N–H and O–H groups in total. The van der Waals surface area contributed by atoms with Crippen molar-refractivity contribution in [1.82, 2.24) is 15.5 Å². The molecule has 0 bridgehead atoms. The van der Waals surface area contributed by atoms with Crippen molar-refractivity contribution in [3.63, 3.8) is 0 Å². The number of hydrogen-bond donors (Lipinski definition) is 1. The highest BCUT2D eigenvalue weighted by atomic mass is 15.1. The van der Waals surface area contributed by atoms with E-state index in [-0.39, 0.29) is 0 Å². The fraction of sp³-hybridized carbons (Fsp3) is 0.750. The Kier molecular flexibility index (Phi) is 4.92. The van der Waals surface area contributed by atoms with E-state index >= 15 is 0 Å². The zero-order valence-electron chi connectivity index (χ0n) is 12.7. The third kappa shape index (κ3) is 3.53. The molecule has 0 radical (unpaired) electrons. The third-order valence-corrected chi connectivity index (χ3v) is 4.35. The summed E-state index contributed by atoms with van der Waals surface area (Å²) in [4.78, 5) is 0. The quantitative estimate of drug-likeness (QED) is 0.900. The van der Waals surface area contributed by atoms with Gasteiger partial charge in [0.05, 0.1) is 11.4 Å². The van der Waals surface area contributed by atoms with Gasteiger partial charge in [0.1, 0.15) is 0 Å². The van der Waals surface area contributed by atoms with Crippen LogP contribution in [0.25, 0.3) is 0 Å². The van der Waals surface area contributed by atoms with Crippen LogP contribution in [-0.2, 0) is 0 Å². The summed E-state index contributed by atoms with van der Waals surface area (Å²) >= 11 is 0. The Balaban J connectivity index is 2.25. The summed E-state index contributed by atoms with van der Waals surface area (Å²) in [5.41, 5.74) is 3.45. The van der Waals surface area contributed by atoms with E-state index in [1.54, 1.807) is 0 Å². The molecule has 0 spiro atoms. The first-order valence-electron chi connectivity index (χ1n) is 7.66. The number of aryl methyl sites for hydroxylation is 2. The fourth-order valence-corrected chi connectivity index (χ4v) is 3.42. The van der Waals surface area contributed by atoms with Gasteiger partial charge in [-0.15, -0.1) is 0 Å². The molecule has 0 aromatic carbocycles. The van der Waals surface area contributed by atoms with Crippen LogP contribution in [0.4, 0.5) is 0 Å². The highest BCUT2D eigenvalue weighted by Gasteiger charge is 2.28. The first kappa shape index (κ1) is 14.4. The maximum Gasteiger partial charge on any atom is 0.0648 e. The molecular weight excluding hydrogens is 234 g/mol. The lowest BCUT2D eigenvalue weighted by molar-refractivity contribution is 0.224. The second-order valence-electron chi connectivity index (χ2n) is 6.09. The lowest BCUT2D eigenvalue weighted by Crippen LogP contribution is -2.32. The molecule has 1 aromatic heterocycles. The molecule has 0 aliphatic heterocycles. The van der Waals surface area contributed by atoms with Crippen LogP contribution in [0.5, 0.6) is 0 Å². The van der Waals surface area contributed by atoms with Crippen LogP contribution in [0, 0.1) is 25.7 Å². The molecule has 0 amide bonds. The Morgan fingerprint density at radius 1 is 1.32 bits per heavy atom. The Morgan fingerprint density at radius 3 is 2.79 bits per heavy atom. The predicted octanol–water partition coefficient (Wildman–Crippen LogP) is 3.57. The van der Waals surface area contributed by atoms with E-state index in [4.69, 9.17) is 0 Å². The second kappa shape index (κ2) is 6.47. The molecule has 1 heterocycles. The lowest BCUT2D eigenvalue weighted by Gasteiger charge is -2.34. The topological polar surface area (TPSA) is 37.8 Å². The summed E-state index contributed by atoms with van der Waals surface area (Å²) in [5.74, 6) is 1.60. The summed E-state index contributed by atoms with van der Waals surface area (Å²) in [6.45, 7) is 9.70. The van der Waals surface area contributed by atoms with Crippen molar-refractivity contribution < 1.29 is 0 Å². The number of nitrogens with zero attached hydrogens (tertiary/aromatic N) is 2. The largest absolute Gasteiger partial charge is 0.310 e. The number of rotatable bonds is 4. The summed E-state index contributed by atoms with van der Waals surface area (Å²) in [6.07, 6.45) is 5.42. The average molecular weight is 261 g/mol. The minimum Gasteiger partial charge on any atom is -0.310 e. The molecule has 3 atom stereocenters. The molecule has 1 aliphatic carbocycles. The van der Waals surface area contributed by atoms with Gasteiger partial charge in [-0.05, 0) is 56.7 Å². The highest BCUT2D eigenvalue weighted by Crippen LogP contribution is 2.37. The normalized spacial score (nSPS) is 25.3. The van der Waals surface area contributed by atoms with Crippen LogP contribution >= 0.6 is 0 Å². The smallest absolute Gasteiger partial charge is 0.0648 e. The molecule has 0 saturated heterocycles. The highest BCUT2D eigenvalue weighted by molar-refractivity contribution is 5.24. The van der Waals surface area contributed by atoms with Gasteiger partial charge in [-0.2, -0.15) is 10.2 Å². The van der Waals surface area contributed by atoms with Crippen molar-refractivity contribution in [3.8, 4) is 0 Å². The van der Waals surface area contributed by atoms with E-state index in [9.17, 15) is 0 Å². The number of nitrogens with one attached hydrogen (secondary N) is 1. The molecule has 3 unspecified atom stereocenters. The molecule has 106 valence electrons. The van der Waals surface area contributed by atoms with Crippen LogP contribution in [0.2, 0.25) is 0 Å². The van der Waals surface area contributed by atoms with Gasteiger partial charge in [-0.3, -0.25) is 0 Å². The predicted molar refractivity (Wildman–Crippen MR) is 79.0 cm³/mol. The van der Waals surface area contributed by atoms with Crippen molar-refractivity contribution >= 4 is 0 Å². The monoisotopic (exact) mass is 261 g/mol. The van der Waals surface area contributed by atoms with Crippen LogP contribution < -0.4 is 5.32 Å². The van der Waals surface area contributed by atoms with Gasteiger partial charge >= 0.3 is 0 Å². The van der Waals surface area contributed by atoms with Crippen molar-refractivity contribution in [2.75, 3.05) is 6.54 Å². The van der Waals surface area contributed by atoms with Crippen molar-refractivity contribution in [2.24, 2.45) is 11.8 Å². The van der Waals surface area contributed by atoms with Crippen molar-refractivity contribution in [1.29, 1.82) is 0 Å². The van der Waals surface area contributed by atoms with E-state index < -0.39 is 0 Å². The summed E-state index contributed by atoms with van der Waals surface area (Å²) in [7, 11) is 0. The lowest BCUT2D eigenvalue weighted by atomic mass is 9.76. The second-order valence-corrected chi connectivity index (χ2v) is 6.09. The Morgan fingerprint density at radius 2 is 2.11 bits per heavy atom. The van der Waals surface area contributed by atoms with Crippen LogP contribution in [0.15, 0.2) is 6.07 Å². The maximum atomic E-state index is 4.31. The van der Waals surface area contributed by atoms with E-state index in [0.717, 1.165) is 29.8 Å². The van der Waals surface area contributed by atoms with E-state index in [1.165, 1.54) is 31.2 Å². The van der Waals surface area contributed by atoms with Crippen molar-refractivity contribution in [2.45, 2.75) is 59.4 Å². The molecule has 3 nitrogen and oxygen atoms in total. The van der Waals surface area contributed by atoms with Gasteiger partial charge in [0, 0.05) is 6.04 Å². The van der Waals surface area contributed by atoms with E-state index in [2.05, 4.69) is 42.4 Å². The Bertz CT molecular complexity index is 416. The summed E-state index contributed by atoms with van der Waals surface area (Å²) in [6, 6.07) is 2.66. The number of hydrogen-bond acceptors (Lipinski definition) is 3. The Labute approximate surface area is 117 Å². The van der Waals surface area contributed by atoms with E-state index in [0.29, 0.717) is 6.04 Å². The summed E-state index contributed by atoms with van der Waals surface area (Å²) < 4.78 is 0. The van der Waals surface area contributed by atoms with Gasteiger partial charge in [-0.1, -0.05) is 26.7 Å². The zero-order valence-corrected chi connectivity index (χ0v) is 12.7. The Hall–Kier alpha value is -0.960. The standard InChI is InChI=1S/C16H27N3/c1-5-17-16(14-8-6-7-11(2)9-14)15-10-12(3)18-19-13(15)4/h10-11,14,16-17H,5-9H2,1-4H3. The first-order valence-corrected chi connectivity index (χ1v) is 7.66. The van der Waals surface area contributed by atoms with Crippen LogP contribution in [0.3, 0.4) is 0 Å². The molecule has 1 saturated carbocycles. The summed E-state index contributed by atoms with van der Waals surface area (Å²) in [5, 5.41) is 12.2. The van der Waals surface area contributed by atoms with Gasteiger partial charge < -0.3 is 5.32 Å². The SMILES string of the molecule is CCNC(c1cc(C)nnc1C)C1CCCC(C)C1. The molecule has 1 aromatic rings. The minimum absolute atomic E-state index is 0.446. The molecule has 3 heteroatoms. The van der Waals surface area contributed by atoms with Crippen LogP contribution in [0.1, 0.15) is 62.5 Å². The molecule has 1 aliphatic rings. The van der Waals surface area contributed by atoms with Crippen molar-refractivity contribution in [3.05, 3.63) is 23.0 Å². The molecule has 2 rings (SSSR count). The zero-order chi connectivity index (χ0) is 13.8. The first-order chi connectivity index (χ1) is 9.11. The molecular formula is C16H27N3. The average Bonchev–Trinajstić information content (AvgIpc) is 2.39. The van der Waals surface area contributed by atoms with Gasteiger partial charge in [0.25, 0.3) is 0 Å². The maximum absolute atomic E-state index is 4.31. The molecule has 19 heavy (non-hydrogen) atoms. The fourth-order valence-electron chi connectivity index (χ4n) is 3.42. The van der Waals surface area contributed by atoms with Crippen LogP contribution in [-0.4, -0.2) is 16.7 Å². The number of aromatic nitrogens is 2. The van der Waals surface area contributed by atoms with E-state index in [1.807, 2.05) is 6.92 Å². The van der Waals surface area contributed by atoms with Gasteiger partial charge in [0.2, 0.25) is 0 Å². The van der Waals surface area contributed by atoms with Gasteiger partial charge in [0.15, 0.2) is 0 Å². The minimum atomic E-state index is 0.446. The third-order valence-electron chi connectivity index (χ3n) is 4.35. The van der Waals surface area contributed by atoms with Gasteiger partial charge in [-0.25, -0.2) is 0 Å².